The molecular formula is C19H28IN5O2S. The average Bonchev–Trinajstić information content (AvgIpc) is 3.21. The van der Waals surface area contributed by atoms with Crippen molar-refractivity contribution in [1.82, 2.24) is 19.8 Å². The first-order chi connectivity index (χ1) is 13.0. The van der Waals surface area contributed by atoms with E-state index in [0.29, 0.717) is 23.4 Å². The molecule has 0 saturated carbocycles. The molecule has 2 aromatic rings. The SMILES string of the molecule is CN=C(NCCS(=O)(=O)c1ccccc1)N1CCC(C)C(n2ccnc2)C1.I. The highest BCUT2D eigenvalue weighted by atomic mass is 127. The molecule has 0 aliphatic carbocycles. The van der Waals surface area contributed by atoms with E-state index in [9.17, 15) is 8.42 Å². The number of nitrogens with zero attached hydrogens (tertiary/aromatic N) is 4. The van der Waals surface area contributed by atoms with Crippen LogP contribution in [0.25, 0.3) is 0 Å². The maximum atomic E-state index is 12.4. The number of aromatic nitrogens is 2. The highest BCUT2D eigenvalue weighted by molar-refractivity contribution is 14.0. The molecule has 28 heavy (non-hydrogen) atoms. The van der Waals surface area contributed by atoms with E-state index in [-0.39, 0.29) is 29.7 Å². The third-order valence-electron chi connectivity index (χ3n) is 5.09. The van der Waals surface area contributed by atoms with E-state index in [2.05, 4.69) is 31.7 Å². The zero-order valence-electron chi connectivity index (χ0n) is 16.2. The highest BCUT2D eigenvalue weighted by Crippen LogP contribution is 2.27. The van der Waals surface area contributed by atoms with Gasteiger partial charge in [0.25, 0.3) is 0 Å². The van der Waals surface area contributed by atoms with E-state index < -0.39 is 9.84 Å². The van der Waals surface area contributed by atoms with Gasteiger partial charge in [-0.05, 0) is 24.5 Å². The molecule has 1 saturated heterocycles. The maximum absolute atomic E-state index is 12.4. The minimum atomic E-state index is -3.30. The van der Waals surface area contributed by atoms with Crippen molar-refractivity contribution in [3.63, 3.8) is 0 Å². The zero-order valence-corrected chi connectivity index (χ0v) is 19.4. The van der Waals surface area contributed by atoms with Gasteiger partial charge >= 0.3 is 0 Å². The van der Waals surface area contributed by atoms with Crippen molar-refractivity contribution in [2.24, 2.45) is 10.9 Å². The van der Waals surface area contributed by atoms with Crippen LogP contribution in [0.3, 0.4) is 0 Å². The van der Waals surface area contributed by atoms with Gasteiger partial charge in [-0.1, -0.05) is 25.1 Å². The molecular weight excluding hydrogens is 489 g/mol. The number of piperidine rings is 1. The summed E-state index contributed by atoms with van der Waals surface area (Å²) in [7, 11) is -1.56. The summed E-state index contributed by atoms with van der Waals surface area (Å²) in [5.74, 6) is 1.33. The van der Waals surface area contributed by atoms with Crippen molar-refractivity contribution in [3.8, 4) is 0 Å². The van der Waals surface area contributed by atoms with Crippen LogP contribution < -0.4 is 5.32 Å². The van der Waals surface area contributed by atoms with Crippen molar-refractivity contribution in [2.45, 2.75) is 24.3 Å². The minimum Gasteiger partial charge on any atom is -0.355 e. The number of halogens is 1. The number of rotatable bonds is 5. The van der Waals surface area contributed by atoms with E-state index in [1.807, 2.05) is 18.6 Å². The summed E-state index contributed by atoms with van der Waals surface area (Å²) >= 11 is 0. The fourth-order valence-electron chi connectivity index (χ4n) is 3.47. The van der Waals surface area contributed by atoms with Crippen LogP contribution in [0.1, 0.15) is 19.4 Å². The van der Waals surface area contributed by atoms with Gasteiger partial charge in [0.1, 0.15) is 0 Å². The summed E-state index contributed by atoms with van der Waals surface area (Å²) in [5.41, 5.74) is 0. The molecule has 3 rings (SSSR count). The van der Waals surface area contributed by atoms with Crippen molar-refractivity contribution in [2.75, 3.05) is 32.4 Å². The molecule has 0 amide bonds. The third-order valence-corrected chi connectivity index (χ3v) is 6.83. The molecule has 1 aromatic carbocycles. The summed E-state index contributed by atoms with van der Waals surface area (Å²) in [6.07, 6.45) is 6.69. The van der Waals surface area contributed by atoms with Gasteiger partial charge in [0.05, 0.1) is 23.0 Å². The molecule has 1 fully saturated rings. The van der Waals surface area contributed by atoms with Crippen LogP contribution >= 0.6 is 24.0 Å². The Balaban J connectivity index is 0.00000280. The Morgan fingerprint density at radius 1 is 1.32 bits per heavy atom. The monoisotopic (exact) mass is 517 g/mol. The van der Waals surface area contributed by atoms with Crippen LogP contribution in [0.4, 0.5) is 0 Å². The number of nitrogens with one attached hydrogen (secondary N) is 1. The second kappa shape index (κ2) is 10.2. The number of hydrogen-bond acceptors (Lipinski definition) is 4. The van der Waals surface area contributed by atoms with E-state index in [1.165, 1.54) is 0 Å². The van der Waals surface area contributed by atoms with E-state index in [0.717, 1.165) is 25.5 Å². The molecule has 1 N–H and O–H groups in total. The Morgan fingerprint density at radius 3 is 2.71 bits per heavy atom. The maximum Gasteiger partial charge on any atom is 0.193 e. The summed E-state index contributed by atoms with van der Waals surface area (Å²) < 4.78 is 27.0. The molecule has 7 nitrogen and oxygen atoms in total. The summed E-state index contributed by atoms with van der Waals surface area (Å²) in [5, 5.41) is 3.22. The molecule has 2 heterocycles. The van der Waals surface area contributed by atoms with Crippen molar-refractivity contribution in [1.29, 1.82) is 0 Å². The molecule has 2 atom stereocenters. The number of benzene rings is 1. The smallest absolute Gasteiger partial charge is 0.193 e. The lowest BCUT2D eigenvalue weighted by Crippen LogP contribution is -2.49. The third kappa shape index (κ3) is 5.47. The minimum absolute atomic E-state index is 0. The second-order valence-electron chi connectivity index (χ2n) is 6.90. The first-order valence-corrected chi connectivity index (χ1v) is 10.9. The normalized spacial score (nSPS) is 20.5. The summed E-state index contributed by atoms with van der Waals surface area (Å²) in [6.45, 7) is 4.30. The van der Waals surface area contributed by atoms with Crippen molar-refractivity contribution >= 4 is 39.8 Å². The lowest BCUT2D eigenvalue weighted by molar-refractivity contribution is 0.189. The summed E-state index contributed by atoms with van der Waals surface area (Å²) in [4.78, 5) is 11.1. The van der Waals surface area contributed by atoms with Crippen LogP contribution in [0.5, 0.6) is 0 Å². The van der Waals surface area contributed by atoms with Gasteiger partial charge in [-0.25, -0.2) is 13.4 Å². The lowest BCUT2D eigenvalue weighted by Gasteiger charge is -2.39. The molecule has 154 valence electrons. The number of sulfone groups is 1. The van der Waals surface area contributed by atoms with Gasteiger partial charge in [-0.2, -0.15) is 0 Å². The number of aliphatic imine (C=N–C) groups is 1. The molecule has 0 spiro atoms. The number of likely N-dealkylation sites (tertiary alicyclic amines) is 1. The van der Waals surface area contributed by atoms with Gasteiger partial charge in [0.15, 0.2) is 15.8 Å². The van der Waals surface area contributed by atoms with Gasteiger partial charge in [-0.15, -0.1) is 24.0 Å². The Bertz CT molecular complexity index is 856. The zero-order chi connectivity index (χ0) is 19.3. The lowest BCUT2D eigenvalue weighted by atomic mass is 9.93. The largest absolute Gasteiger partial charge is 0.355 e. The number of hydrogen-bond donors (Lipinski definition) is 1. The van der Waals surface area contributed by atoms with E-state index in [1.54, 1.807) is 37.5 Å². The number of imidazole rings is 1. The van der Waals surface area contributed by atoms with Gasteiger partial charge < -0.3 is 14.8 Å². The quantitative estimate of drug-likeness (QED) is 0.375. The second-order valence-corrected chi connectivity index (χ2v) is 9.00. The molecule has 1 aromatic heterocycles. The van der Waals surface area contributed by atoms with Crippen LogP contribution in [-0.4, -0.2) is 61.3 Å². The van der Waals surface area contributed by atoms with Gasteiger partial charge in [0.2, 0.25) is 0 Å². The number of guanidine groups is 1. The van der Waals surface area contributed by atoms with Crippen LogP contribution in [0.2, 0.25) is 0 Å². The van der Waals surface area contributed by atoms with Crippen molar-refractivity contribution < 1.29 is 8.42 Å². The fraction of sp³-hybridized carbons (Fsp3) is 0.474. The Kier molecular flexibility index (Phi) is 8.29. The molecule has 1 aliphatic heterocycles. The molecule has 2 unspecified atom stereocenters. The molecule has 0 radical (unpaired) electrons. The first kappa shape index (κ1) is 22.7. The topological polar surface area (TPSA) is 79.6 Å². The average molecular weight is 517 g/mol. The van der Waals surface area contributed by atoms with Crippen LogP contribution in [-0.2, 0) is 9.84 Å². The van der Waals surface area contributed by atoms with E-state index >= 15 is 0 Å². The van der Waals surface area contributed by atoms with Crippen LogP contribution in [0, 0.1) is 5.92 Å². The highest BCUT2D eigenvalue weighted by Gasteiger charge is 2.29. The fourth-order valence-corrected chi connectivity index (χ4v) is 4.65. The predicted octanol–water partition coefficient (Wildman–Crippen LogP) is 2.43. The standard InChI is InChI=1S/C19H27N5O2S.HI/c1-16-8-11-23(14-18(16)24-12-9-21-15-24)19(20-2)22-10-13-27(25,26)17-6-4-3-5-7-17;/h3-7,9,12,15-16,18H,8,10-11,13-14H2,1-2H3,(H,20,22);1H. The Labute approximate surface area is 184 Å². The predicted molar refractivity (Wildman–Crippen MR) is 122 cm³/mol. The molecule has 1 aliphatic rings. The van der Waals surface area contributed by atoms with Gasteiger partial charge in [0, 0.05) is 39.1 Å². The Hall–Kier alpha value is -1.62. The molecule has 0 bridgehead atoms. The Morgan fingerprint density at radius 2 is 2.07 bits per heavy atom. The summed E-state index contributed by atoms with van der Waals surface area (Å²) in [6, 6.07) is 8.88. The first-order valence-electron chi connectivity index (χ1n) is 9.22. The van der Waals surface area contributed by atoms with Gasteiger partial charge in [-0.3, -0.25) is 4.99 Å². The van der Waals surface area contributed by atoms with E-state index in [4.69, 9.17) is 0 Å². The molecule has 9 heteroatoms. The van der Waals surface area contributed by atoms with Crippen LogP contribution in [0.15, 0.2) is 58.9 Å². The van der Waals surface area contributed by atoms with Crippen molar-refractivity contribution in [3.05, 3.63) is 49.1 Å².